The lowest BCUT2D eigenvalue weighted by molar-refractivity contribution is 0.743. The van der Waals surface area contributed by atoms with E-state index in [9.17, 15) is 0 Å². The van der Waals surface area contributed by atoms with Gasteiger partial charge < -0.3 is 5.43 Å². The summed E-state index contributed by atoms with van der Waals surface area (Å²) < 4.78 is 0. The SMILES string of the molecule is CNn1nc(C)nc1C. The Labute approximate surface area is 53.9 Å². The van der Waals surface area contributed by atoms with Gasteiger partial charge in [0.15, 0.2) is 0 Å². The van der Waals surface area contributed by atoms with E-state index >= 15 is 0 Å². The zero-order valence-corrected chi connectivity index (χ0v) is 5.84. The van der Waals surface area contributed by atoms with Crippen LogP contribution in [0.25, 0.3) is 0 Å². The highest BCUT2D eigenvalue weighted by Crippen LogP contribution is 1.90. The van der Waals surface area contributed by atoms with E-state index in [4.69, 9.17) is 0 Å². The molecule has 0 aliphatic rings. The van der Waals surface area contributed by atoms with E-state index in [0.29, 0.717) is 0 Å². The topological polar surface area (TPSA) is 42.7 Å². The Kier molecular flexibility index (Phi) is 1.38. The molecule has 0 unspecified atom stereocenters. The van der Waals surface area contributed by atoms with Gasteiger partial charge in [0, 0.05) is 7.05 Å². The molecule has 0 bridgehead atoms. The summed E-state index contributed by atoms with van der Waals surface area (Å²) in [6.07, 6.45) is 0. The first-order valence-electron chi connectivity index (χ1n) is 2.82. The maximum absolute atomic E-state index is 4.07. The van der Waals surface area contributed by atoms with Crippen LogP contribution >= 0.6 is 0 Å². The number of nitrogens with one attached hydrogen (secondary N) is 1. The third-order valence-electron chi connectivity index (χ3n) is 1.09. The summed E-state index contributed by atoms with van der Waals surface area (Å²) in [6, 6.07) is 0. The highest BCUT2D eigenvalue weighted by Gasteiger charge is 1.96. The molecule has 0 amide bonds. The van der Waals surface area contributed by atoms with E-state index in [1.165, 1.54) is 0 Å². The third kappa shape index (κ3) is 1.01. The van der Waals surface area contributed by atoms with Crippen LogP contribution in [0.3, 0.4) is 0 Å². The summed E-state index contributed by atoms with van der Waals surface area (Å²) in [6.45, 7) is 3.76. The first-order chi connectivity index (χ1) is 4.24. The molecule has 0 aliphatic carbocycles. The van der Waals surface area contributed by atoms with Crippen molar-refractivity contribution in [2.24, 2.45) is 0 Å². The second-order valence-electron chi connectivity index (χ2n) is 1.84. The van der Waals surface area contributed by atoms with Gasteiger partial charge in [-0.2, -0.15) is 4.79 Å². The number of rotatable bonds is 1. The zero-order valence-electron chi connectivity index (χ0n) is 5.84. The van der Waals surface area contributed by atoms with Crippen LogP contribution in [-0.2, 0) is 0 Å². The maximum atomic E-state index is 4.07. The first kappa shape index (κ1) is 6.07. The monoisotopic (exact) mass is 126 g/mol. The number of hydrogen-bond acceptors (Lipinski definition) is 3. The van der Waals surface area contributed by atoms with Gasteiger partial charge in [-0.3, -0.25) is 0 Å². The van der Waals surface area contributed by atoms with Crippen LogP contribution in [0.1, 0.15) is 11.6 Å². The normalized spacial score (nSPS) is 9.67. The third-order valence-corrected chi connectivity index (χ3v) is 1.09. The molecule has 0 radical (unpaired) electrons. The van der Waals surface area contributed by atoms with Crippen molar-refractivity contribution in [3.63, 3.8) is 0 Å². The van der Waals surface area contributed by atoms with Gasteiger partial charge >= 0.3 is 0 Å². The Balaban J connectivity index is 3.01. The fourth-order valence-corrected chi connectivity index (χ4v) is 0.733. The molecule has 4 nitrogen and oxygen atoms in total. The van der Waals surface area contributed by atoms with Crippen molar-refractivity contribution in [3.8, 4) is 0 Å². The second-order valence-corrected chi connectivity index (χ2v) is 1.84. The van der Waals surface area contributed by atoms with Gasteiger partial charge in [-0.1, -0.05) is 0 Å². The Hall–Kier alpha value is -1.06. The summed E-state index contributed by atoms with van der Waals surface area (Å²) in [5.74, 6) is 1.68. The molecule has 9 heavy (non-hydrogen) atoms. The molecule has 0 saturated heterocycles. The Bertz CT molecular complexity index is 203. The molecular weight excluding hydrogens is 116 g/mol. The van der Waals surface area contributed by atoms with E-state index in [0.717, 1.165) is 11.6 Å². The van der Waals surface area contributed by atoms with Gasteiger partial charge in [0.2, 0.25) is 0 Å². The molecule has 1 heterocycles. The van der Waals surface area contributed by atoms with Crippen molar-refractivity contribution in [3.05, 3.63) is 11.6 Å². The number of hydrogen-bond donors (Lipinski definition) is 1. The molecule has 0 fully saturated rings. The van der Waals surface area contributed by atoms with Crippen LogP contribution < -0.4 is 5.43 Å². The quantitative estimate of drug-likeness (QED) is 0.579. The van der Waals surface area contributed by atoms with Crippen molar-refractivity contribution >= 4 is 0 Å². The van der Waals surface area contributed by atoms with E-state index in [-0.39, 0.29) is 0 Å². The second kappa shape index (κ2) is 2.05. The molecule has 1 aromatic rings. The standard InChI is InChI=1S/C5H10N4/c1-4-7-5(2)9(6-3)8-4/h6H,1-3H3. The molecule has 0 atom stereocenters. The van der Waals surface area contributed by atoms with Crippen molar-refractivity contribution in [1.82, 2.24) is 14.9 Å². The molecule has 1 N–H and O–H groups in total. The molecule has 0 aromatic carbocycles. The van der Waals surface area contributed by atoms with Gasteiger partial charge in [-0.15, -0.1) is 5.10 Å². The van der Waals surface area contributed by atoms with Gasteiger partial charge in [-0.05, 0) is 13.8 Å². The summed E-state index contributed by atoms with van der Waals surface area (Å²) >= 11 is 0. The minimum atomic E-state index is 0.793. The highest BCUT2D eigenvalue weighted by molar-refractivity contribution is 4.88. The van der Waals surface area contributed by atoms with Crippen LogP contribution in [0, 0.1) is 13.8 Å². The van der Waals surface area contributed by atoms with Crippen LogP contribution in [0.5, 0.6) is 0 Å². The minimum absolute atomic E-state index is 0.793. The van der Waals surface area contributed by atoms with Crippen molar-refractivity contribution in [1.29, 1.82) is 0 Å². The van der Waals surface area contributed by atoms with Crippen LogP contribution in [0.4, 0.5) is 0 Å². The molecule has 1 rings (SSSR count). The summed E-state index contributed by atoms with van der Waals surface area (Å²) in [7, 11) is 1.81. The van der Waals surface area contributed by atoms with Crippen LogP contribution in [0.15, 0.2) is 0 Å². The molecule has 0 saturated carbocycles. The summed E-state index contributed by atoms with van der Waals surface area (Å²) in [5.41, 5.74) is 2.86. The lowest BCUT2D eigenvalue weighted by Crippen LogP contribution is -2.12. The fourth-order valence-electron chi connectivity index (χ4n) is 0.733. The maximum Gasteiger partial charge on any atom is 0.149 e. The van der Waals surface area contributed by atoms with Gasteiger partial charge in [0.05, 0.1) is 0 Å². The predicted molar refractivity (Wildman–Crippen MR) is 34.8 cm³/mol. The van der Waals surface area contributed by atoms with Crippen molar-refractivity contribution < 1.29 is 0 Å². The number of nitrogens with zero attached hydrogens (tertiary/aromatic N) is 3. The van der Waals surface area contributed by atoms with E-state index in [2.05, 4.69) is 15.5 Å². The first-order valence-corrected chi connectivity index (χ1v) is 2.82. The van der Waals surface area contributed by atoms with E-state index in [1.807, 2.05) is 13.8 Å². The zero-order chi connectivity index (χ0) is 6.85. The Morgan fingerprint density at radius 2 is 2.11 bits per heavy atom. The van der Waals surface area contributed by atoms with E-state index in [1.54, 1.807) is 11.8 Å². The average Bonchev–Trinajstić information content (AvgIpc) is 2.10. The highest BCUT2D eigenvalue weighted by atomic mass is 15.6. The van der Waals surface area contributed by atoms with Gasteiger partial charge in [-0.25, -0.2) is 4.98 Å². The van der Waals surface area contributed by atoms with Crippen LogP contribution in [-0.4, -0.2) is 21.9 Å². The van der Waals surface area contributed by atoms with Crippen LogP contribution in [0.2, 0.25) is 0 Å². The largest absolute Gasteiger partial charge is 0.311 e. The Morgan fingerprint density at radius 3 is 2.33 bits per heavy atom. The number of aryl methyl sites for hydroxylation is 2. The van der Waals surface area contributed by atoms with E-state index < -0.39 is 0 Å². The fraction of sp³-hybridized carbons (Fsp3) is 0.600. The Morgan fingerprint density at radius 1 is 1.44 bits per heavy atom. The predicted octanol–water partition coefficient (Wildman–Crippen LogP) is 0.0682. The van der Waals surface area contributed by atoms with Crippen molar-refractivity contribution in [2.45, 2.75) is 13.8 Å². The minimum Gasteiger partial charge on any atom is -0.311 e. The molecule has 50 valence electrons. The van der Waals surface area contributed by atoms with Gasteiger partial charge in [0.1, 0.15) is 11.6 Å². The summed E-state index contributed by atoms with van der Waals surface area (Å²) in [4.78, 5) is 5.71. The lowest BCUT2D eigenvalue weighted by Gasteiger charge is -1.96. The average molecular weight is 126 g/mol. The lowest BCUT2D eigenvalue weighted by atomic mass is 10.7. The molecule has 4 heteroatoms. The summed E-state index contributed by atoms with van der Waals surface area (Å²) in [5, 5.41) is 4.02. The molecular formula is C5H10N4. The molecule has 1 aromatic heterocycles. The van der Waals surface area contributed by atoms with Crippen molar-refractivity contribution in [2.75, 3.05) is 12.5 Å². The number of aromatic nitrogens is 3. The molecule has 0 aliphatic heterocycles. The smallest absolute Gasteiger partial charge is 0.149 e. The molecule has 0 spiro atoms. The van der Waals surface area contributed by atoms with Gasteiger partial charge in [0.25, 0.3) is 0 Å².